The summed E-state index contributed by atoms with van der Waals surface area (Å²) < 4.78 is 0. The maximum Gasteiger partial charge on any atom is 0.229 e. The molecule has 1 unspecified atom stereocenters. The van der Waals surface area contributed by atoms with Crippen LogP contribution in [0.5, 0.6) is 0 Å². The van der Waals surface area contributed by atoms with E-state index in [0.29, 0.717) is 13.1 Å². The molecule has 0 radical (unpaired) electrons. The average molecular weight is 390 g/mol. The Morgan fingerprint density at radius 1 is 1.14 bits per heavy atom. The predicted octanol–water partition coefficient (Wildman–Crippen LogP) is 4.25. The number of benzene rings is 2. The zero-order valence-corrected chi connectivity index (χ0v) is 16.8. The van der Waals surface area contributed by atoms with Gasteiger partial charge in [0.25, 0.3) is 0 Å². The molecule has 4 nitrogen and oxygen atoms in total. The van der Waals surface area contributed by atoms with E-state index in [1.54, 1.807) is 11.8 Å². The van der Waals surface area contributed by atoms with Crippen LogP contribution in [0.3, 0.4) is 0 Å². The summed E-state index contributed by atoms with van der Waals surface area (Å²) in [5.41, 5.74) is 4.27. The number of allylic oxidation sites excluding steroid dienone is 1. The summed E-state index contributed by atoms with van der Waals surface area (Å²) in [5.74, 6) is 0.779. The Balaban J connectivity index is 1.51. The molecule has 142 valence electrons. The molecule has 1 saturated heterocycles. The second kappa shape index (κ2) is 8.22. The van der Waals surface area contributed by atoms with Gasteiger partial charge >= 0.3 is 0 Å². The lowest BCUT2D eigenvalue weighted by molar-refractivity contribution is -0.131. The van der Waals surface area contributed by atoms with E-state index in [0.717, 1.165) is 35.0 Å². The first kappa shape index (κ1) is 18.8. The minimum absolute atomic E-state index is 0.108. The number of hydrogen-bond donors (Lipinski definition) is 0. The molecule has 2 aliphatic rings. The first-order valence-electron chi connectivity index (χ1n) is 9.56. The Bertz CT molecular complexity index is 931. The van der Waals surface area contributed by atoms with E-state index in [1.807, 2.05) is 42.2 Å². The lowest BCUT2D eigenvalue weighted by Gasteiger charge is -2.41. The highest BCUT2D eigenvalue weighted by Gasteiger charge is 2.38. The standard InChI is InChI=1S/C23H23N3OS/c1-17-7-9-19(10-8-17)20-13-22(27)26-15-25(16-28-23(26)21(20)14-24)12-11-18-5-3-2-4-6-18/h2-10,20H,11-13,15-16H2,1H3. The van der Waals surface area contributed by atoms with Crippen molar-refractivity contribution in [2.24, 2.45) is 0 Å². The first-order chi connectivity index (χ1) is 13.7. The number of aryl methyl sites for hydroxylation is 1. The highest BCUT2D eigenvalue weighted by molar-refractivity contribution is 8.03. The third-order valence-corrected chi connectivity index (χ3v) is 6.60. The summed E-state index contributed by atoms with van der Waals surface area (Å²) in [6, 6.07) is 21.0. The van der Waals surface area contributed by atoms with E-state index in [1.165, 1.54) is 11.1 Å². The number of rotatable bonds is 4. The quantitative estimate of drug-likeness (QED) is 0.784. The van der Waals surface area contributed by atoms with Gasteiger partial charge < -0.3 is 0 Å². The minimum Gasteiger partial charge on any atom is -0.292 e. The van der Waals surface area contributed by atoms with Gasteiger partial charge in [-0.25, -0.2) is 0 Å². The Kier molecular flexibility index (Phi) is 5.52. The fourth-order valence-electron chi connectivity index (χ4n) is 3.76. The van der Waals surface area contributed by atoms with Crippen molar-refractivity contribution in [1.29, 1.82) is 5.26 Å². The maximum atomic E-state index is 12.9. The van der Waals surface area contributed by atoms with Crippen molar-refractivity contribution in [2.75, 3.05) is 19.1 Å². The monoisotopic (exact) mass is 389 g/mol. The normalized spacial score (nSPS) is 20.1. The van der Waals surface area contributed by atoms with Crippen LogP contribution in [0.15, 0.2) is 65.2 Å². The third-order valence-electron chi connectivity index (χ3n) is 5.39. The number of nitriles is 1. The topological polar surface area (TPSA) is 47.3 Å². The highest BCUT2D eigenvalue weighted by atomic mass is 32.2. The molecule has 2 aromatic carbocycles. The van der Waals surface area contributed by atoms with Gasteiger partial charge in [-0.3, -0.25) is 14.6 Å². The maximum absolute atomic E-state index is 12.9. The van der Waals surface area contributed by atoms with Crippen LogP contribution in [-0.4, -0.2) is 34.8 Å². The van der Waals surface area contributed by atoms with Gasteiger partial charge in [-0.2, -0.15) is 5.26 Å². The van der Waals surface area contributed by atoms with Gasteiger partial charge in [0.15, 0.2) is 0 Å². The van der Waals surface area contributed by atoms with Crippen molar-refractivity contribution in [3.63, 3.8) is 0 Å². The molecule has 0 aliphatic carbocycles. The summed E-state index contributed by atoms with van der Waals surface area (Å²) in [6.45, 7) is 3.51. The summed E-state index contributed by atoms with van der Waals surface area (Å²) in [6.07, 6.45) is 1.32. The zero-order chi connectivity index (χ0) is 19.5. The predicted molar refractivity (Wildman–Crippen MR) is 112 cm³/mol. The van der Waals surface area contributed by atoms with Gasteiger partial charge in [0.2, 0.25) is 5.91 Å². The molecule has 2 aliphatic heterocycles. The Morgan fingerprint density at radius 2 is 1.89 bits per heavy atom. The van der Waals surface area contributed by atoms with E-state index >= 15 is 0 Å². The second-order valence-electron chi connectivity index (χ2n) is 7.36. The Hall–Kier alpha value is -2.55. The van der Waals surface area contributed by atoms with Crippen molar-refractivity contribution >= 4 is 17.7 Å². The second-order valence-corrected chi connectivity index (χ2v) is 8.30. The van der Waals surface area contributed by atoms with Gasteiger partial charge in [-0.15, -0.1) is 0 Å². The average Bonchev–Trinajstić information content (AvgIpc) is 2.73. The van der Waals surface area contributed by atoms with Crippen molar-refractivity contribution in [1.82, 2.24) is 9.80 Å². The molecule has 1 fully saturated rings. The minimum atomic E-state index is -0.132. The van der Waals surface area contributed by atoms with Crippen molar-refractivity contribution in [3.05, 3.63) is 81.9 Å². The molecule has 0 N–H and O–H groups in total. The molecule has 0 spiro atoms. The number of carbonyl (C=O) groups is 1. The summed E-state index contributed by atoms with van der Waals surface area (Å²) in [4.78, 5) is 17.0. The van der Waals surface area contributed by atoms with Crippen LogP contribution >= 0.6 is 11.8 Å². The lowest BCUT2D eigenvalue weighted by atomic mass is 9.86. The van der Waals surface area contributed by atoms with E-state index in [9.17, 15) is 10.1 Å². The molecular formula is C23H23N3OS. The molecule has 1 atom stereocenters. The van der Waals surface area contributed by atoms with Gasteiger partial charge in [0, 0.05) is 18.9 Å². The molecule has 28 heavy (non-hydrogen) atoms. The SMILES string of the molecule is Cc1ccc(C2CC(=O)N3CN(CCc4ccccc4)CSC3=C2C#N)cc1. The van der Waals surface area contributed by atoms with Crippen LogP contribution in [-0.2, 0) is 11.2 Å². The van der Waals surface area contributed by atoms with Crippen LogP contribution in [0.2, 0.25) is 0 Å². The molecule has 4 rings (SSSR count). The van der Waals surface area contributed by atoms with Crippen LogP contribution in [0.25, 0.3) is 0 Å². The molecule has 0 aromatic heterocycles. The highest BCUT2D eigenvalue weighted by Crippen LogP contribution is 2.42. The first-order valence-corrected chi connectivity index (χ1v) is 10.5. The number of hydrogen-bond acceptors (Lipinski definition) is 4. The van der Waals surface area contributed by atoms with E-state index < -0.39 is 0 Å². The summed E-state index contributed by atoms with van der Waals surface area (Å²) in [5, 5.41) is 10.7. The fourth-order valence-corrected chi connectivity index (χ4v) is 4.94. The number of amides is 1. The zero-order valence-electron chi connectivity index (χ0n) is 16.0. The van der Waals surface area contributed by atoms with E-state index in [2.05, 4.69) is 35.2 Å². The van der Waals surface area contributed by atoms with Crippen molar-refractivity contribution < 1.29 is 4.79 Å². The number of fused-ring (bicyclic) bond motifs is 1. The Labute approximate surface area is 170 Å². The Morgan fingerprint density at radius 3 is 2.61 bits per heavy atom. The number of carbonyl (C=O) groups excluding carboxylic acids is 1. The molecule has 1 amide bonds. The van der Waals surface area contributed by atoms with Crippen LogP contribution in [0.1, 0.15) is 29.0 Å². The van der Waals surface area contributed by atoms with Crippen LogP contribution in [0.4, 0.5) is 0 Å². The van der Waals surface area contributed by atoms with Gasteiger partial charge in [0.1, 0.15) is 0 Å². The summed E-state index contributed by atoms with van der Waals surface area (Å²) >= 11 is 1.62. The van der Waals surface area contributed by atoms with Crippen molar-refractivity contribution in [3.8, 4) is 6.07 Å². The molecule has 2 heterocycles. The molecule has 2 aromatic rings. The molecule has 0 bridgehead atoms. The molecular weight excluding hydrogens is 366 g/mol. The lowest BCUT2D eigenvalue weighted by Crippen LogP contribution is -2.47. The fraction of sp³-hybridized carbons (Fsp3) is 0.304. The molecule has 5 heteroatoms. The summed E-state index contributed by atoms with van der Waals surface area (Å²) in [7, 11) is 0. The van der Waals surface area contributed by atoms with Crippen LogP contribution < -0.4 is 0 Å². The van der Waals surface area contributed by atoms with E-state index in [4.69, 9.17) is 0 Å². The van der Waals surface area contributed by atoms with E-state index in [-0.39, 0.29) is 11.8 Å². The number of thioether (sulfide) groups is 1. The number of nitrogens with zero attached hydrogens (tertiary/aromatic N) is 3. The van der Waals surface area contributed by atoms with Gasteiger partial charge in [-0.1, -0.05) is 71.9 Å². The largest absolute Gasteiger partial charge is 0.292 e. The smallest absolute Gasteiger partial charge is 0.229 e. The molecule has 0 saturated carbocycles. The van der Waals surface area contributed by atoms with Crippen LogP contribution in [0, 0.1) is 18.3 Å². The van der Waals surface area contributed by atoms with Crippen molar-refractivity contribution in [2.45, 2.75) is 25.7 Å². The van der Waals surface area contributed by atoms with Gasteiger partial charge in [0.05, 0.1) is 29.2 Å². The van der Waals surface area contributed by atoms with Gasteiger partial charge in [-0.05, 0) is 24.5 Å². The third kappa shape index (κ3) is 3.84.